The third-order valence-corrected chi connectivity index (χ3v) is 5.82. The van der Waals surface area contributed by atoms with Crippen LogP contribution in [0.3, 0.4) is 0 Å². The number of H-pyrrole nitrogens is 1. The van der Waals surface area contributed by atoms with E-state index in [4.69, 9.17) is 0 Å². The molecule has 1 atom stereocenters. The highest BCUT2D eigenvalue weighted by molar-refractivity contribution is 6.09. The normalized spacial score (nSPS) is 15.9. The molecule has 6 nitrogen and oxygen atoms in total. The molecule has 0 bridgehead atoms. The lowest BCUT2D eigenvalue weighted by Crippen LogP contribution is -2.36. The van der Waals surface area contributed by atoms with E-state index in [0.717, 1.165) is 32.5 Å². The van der Waals surface area contributed by atoms with E-state index in [0.29, 0.717) is 12.0 Å². The molecule has 6 heteroatoms. The Hall–Kier alpha value is -4.19. The zero-order valence-electron chi connectivity index (χ0n) is 17.2. The van der Waals surface area contributed by atoms with Crippen molar-refractivity contribution in [1.82, 2.24) is 15.2 Å². The zero-order chi connectivity index (χ0) is 22.1. The summed E-state index contributed by atoms with van der Waals surface area (Å²) in [6.45, 7) is -0.278. The fourth-order valence-corrected chi connectivity index (χ4v) is 4.10. The van der Waals surface area contributed by atoms with Crippen LogP contribution < -0.4 is 5.32 Å². The van der Waals surface area contributed by atoms with Crippen LogP contribution in [0.2, 0.25) is 0 Å². The third-order valence-electron chi connectivity index (χ3n) is 5.82. The first-order chi connectivity index (χ1) is 15.6. The molecular formula is C26H21N3O3. The van der Waals surface area contributed by atoms with Gasteiger partial charge < -0.3 is 10.3 Å². The Kier molecular flexibility index (Phi) is 5.03. The Morgan fingerprint density at radius 3 is 2.31 bits per heavy atom. The molecule has 1 aliphatic rings. The number of hydrogen-bond donors (Lipinski definition) is 2. The molecule has 1 aromatic heterocycles. The number of carbonyl (C=O) groups excluding carboxylic acids is 3. The second kappa shape index (κ2) is 8.15. The maximum Gasteiger partial charge on any atom is 0.325 e. The first kappa shape index (κ1) is 19.8. The van der Waals surface area contributed by atoms with Crippen LogP contribution in [0.4, 0.5) is 4.79 Å². The van der Waals surface area contributed by atoms with Gasteiger partial charge in [-0.1, -0.05) is 72.8 Å². The van der Waals surface area contributed by atoms with Crippen molar-refractivity contribution >= 4 is 28.6 Å². The summed E-state index contributed by atoms with van der Waals surface area (Å²) in [5.41, 5.74) is 4.44. The van der Waals surface area contributed by atoms with Gasteiger partial charge in [0, 0.05) is 29.1 Å². The quantitative estimate of drug-likeness (QED) is 0.361. The maximum absolute atomic E-state index is 12.9. The summed E-state index contributed by atoms with van der Waals surface area (Å²) in [7, 11) is 0. The van der Waals surface area contributed by atoms with Crippen molar-refractivity contribution in [2.45, 2.75) is 12.5 Å². The SMILES string of the molecule is O=C(CN1C(=O)N[C@H](Cc2c[nH]c3ccccc23)C1=O)c1ccc(-c2ccccc2)cc1. The molecule has 0 saturated carbocycles. The number of hydrogen-bond acceptors (Lipinski definition) is 3. The lowest BCUT2D eigenvalue weighted by Gasteiger charge is -2.12. The molecule has 0 unspecified atom stereocenters. The summed E-state index contributed by atoms with van der Waals surface area (Å²) in [5, 5.41) is 3.73. The van der Waals surface area contributed by atoms with Gasteiger partial charge in [-0.05, 0) is 22.8 Å². The summed E-state index contributed by atoms with van der Waals surface area (Å²) in [4.78, 5) is 42.2. The Balaban J connectivity index is 1.27. The number of benzene rings is 3. The molecule has 3 aromatic carbocycles. The minimum absolute atomic E-state index is 0.277. The lowest BCUT2D eigenvalue weighted by molar-refractivity contribution is -0.127. The van der Waals surface area contributed by atoms with E-state index in [1.165, 1.54) is 0 Å². The number of Topliss-reactive ketones (excluding diaryl/α,β-unsaturated/α-hetero) is 1. The van der Waals surface area contributed by atoms with Crippen molar-refractivity contribution in [3.05, 3.63) is 96.2 Å². The van der Waals surface area contributed by atoms with Gasteiger partial charge in [-0.25, -0.2) is 4.79 Å². The first-order valence-electron chi connectivity index (χ1n) is 10.5. The van der Waals surface area contributed by atoms with Crippen LogP contribution in [-0.4, -0.2) is 40.2 Å². The molecule has 2 heterocycles. The molecule has 5 rings (SSSR count). The van der Waals surface area contributed by atoms with Gasteiger partial charge in [0.05, 0.1) is 6.54 Å². The minimum atomic E-state index is -0.685. The van der Waals surface area contributed by atoms with Crippen LogP contribution in [0.25, 0.3) is 22.0 Å². The number of imide groups is 1. The lowest BCUT2D eigenvalue weighted by atomic mass is 10.0. The van der Waals surface area contributed by atoms with Crippen LogP contribution in [0.5, 0.6) is 0 Å². The zero-order valence-corrected chi connectivity index (χ0v) is 17.2. The number of fused-ring (bicyclic) bond motifs is 1. The number of ketones is 1. The highest BCUT2D eigenvalue weighted by Gasteiger charge is 2.39. The Bertz CT molecular complexity index is 1310. The van der Waals surface area contributed by atoms with Crippen molar-refractivity contribution in [2.24, 2.45) is 0 Å². The molecule has 1 saturated heterocycles. The van der Waals surface area contributed by atoms with E-state index < -0.39 is 12.1 Å². The van der Waals surface area contributed by atoms with Gasteiger partial charge in [-0.3, -0.25) is 14.5 Å². The van der Waals surface area contributed by atoms with Crippen LogP contribution in [0.15, 0.2) is 85.1 Å². The van der Waals surface area contributed by atoms with E-state index >= 15 is 0 Å². The van der Waals surface area contributed by atoms with Crippen molar-refractivity contribution in [3.63, 3.8) is 0 Å². The number of para-hydroxylation sites is 1. The van der Waals surface area contributed by atoms with Crippen LogP contribution in [0.1, 0.15) is 15.9 Å². The maximum atomic E-state index is 12.9. The van der Waals surface area contributed by atoms with Gasteiger partial charge in [0.15, 0.2) is 5.78 Å². The molecule has 0 aliphatic carbocycles. The highest BCUT2D eigenvalue weighted by Crippen LogP contribution is 2.22. The molecule has 0 spiro atoms. The number of carbonyl (C=O) groups is 3. The predicted octanol–water partition coefficient (Wildman–Crippen LogP) is 4.18. The number of rotatable bonds is 6. The van der Waals surface area contributed by atoms with Crippen molar-refractivity contribution < 1.29 is 14.4 Å². The first-order valence-corrected chi connectivity index (χ1v) is 10.5. The van der Waals surface area contributed by atoms with Crippen molar-refractivity contribution in [1.29, 1.82) is 0 Å². The summed E-state index contributed by atoms with van der Waals surface area (Å²) in [5.74, 6) is -0.657. The Labute approximate surface area is 184 Å². The predicted molar refractivity (Wildman–Crippen MR) is 122 cm³/mol. The van der Waals surface area contributed by atoms with Gasteiger partial charge >= 0.3 is 6.03 Å². The molecule has 1 aliphatic heterocycles. The highest BCUT2D eigenvalue weighted by atomic mass is 16.2. The van der Waals surface area contributed by atoms with E-state index in [9.17, 15) is 14.4 Å². The summed E-state index contributed by atoms with van der Waals surface area (Å²) >= 11 is 0. The van der Waals surface area contributed by atoms with E-state index in [1.807, 2.05) is 72.9 Å². The number of amides is 3. The molecule has 158 valence electrons. The number of aromatic amines is 1. The average Bonchev–Trinajstić information content (AvgIpc) is 3.36. The molecule has 2 N–H and O–H groups in total. The number of nitrogens with one attached hydrogen (secondary N) is 2. The van der Waals surface area contributed by atoms with Crippen molar-refractivity contribution in [2.75, 3.05) is 6.54 Å². The molecule has 4 aromatic rings. The fourth-order valence-electron chi connectivity index (χ4n) is 4.10. The molecule has 0 radical (unpaired) electrons. The van der Waals surface area contributed by atoms with Crippen LogP contribution in [0, 0.1) is 0 Å². The van der Waals surface area contributed by atoms with Crippen LogP contribution >= 0.6 is 0 Å². The number of nitrogens with zero attached hydrogens (tertiary/aromatic N) is 1. The monoisotopic (exact) mass is 423 g/mol. The topological polar surface area (TPSA) is 82.3 Å². The Morgan fingerprint density at radius 1 is 0.844 bits per heavy atom. The summed E-state index contributed by atoms with van der Waals surface area (Å²) < 4.78 is 0. The standard InChI is InChI=1S/C26H21N3O3/c30-24(19-12-10-18(11-13-19)17-6-2-1-3-7-17)16-29-25(31)23(28-26(29)32)14-20-15-27-22-9-5-4-8-21(20)22/h1-13,15,23,27H,14,16H2,(H,28,32)/t23-/m1/s1. The average molecular weight is 423 g/mol. The largest absolute Gasteiger partial charge is 0.361 e. The molecule has 3 amide bonds. The van der Waals surface area contributed by atoms with E-state index in [-0.39, 0.29) is 18.2 Å². The minimum Gasteiger partial charge on any atom is -0.361 e. The van der Waals surface area contributed by atoms with E-state index in [2.05, 4.69) is 10.3 Å². The number of urea groups is 1. The molecule has 1 fully saturated rings. The van der Waals surface area contributed by atoms with E-state index in [1.54, 1.807) is 12.1 Å². The van der Waals surface area contributed by atoms with Gasteiger partial charge in [-0.2, -0.15) is 0 Å². The third kappa shape index (κ3) is 3.67. The van der Waals surface area contributed by atoms with Crippen molar-refractivity contribution in [3.8, 4) is 11.1 Å². The van der Waals surface area contributed by atoms with Crippen LogP contribution in [-0.2, 0) is 11.2 Å². The Morgan fingerprint density at radius 2 is 1.53 bits per heavy atom. The number of aromatic nitrogens is 1. The molecular weight excluding hydrogens is 402 g/mol. The summed E-state index contributed by atoms with van der Waals surface area (Å²) in [6, 6.07) is 23.6. The second-order valence-corrected chi connectivity index (χ2v) is 7.86. The fraction of sp³-hybridized carbons (Fsp3) is 0.115. The van der Waals surface area contributed by atoms with Gasteiger partial charge in [-0.15, -0.1) is 0 Å². The molecule has 32 heavy (non-hydrogen) atoms. The summed E-state index contributed by atoms with van der Waals surface area (Å²) in [6.07, 6.45) is 2.22. The van der Waals surface area contributed by atoms with Gasteiger partial charge in [0.25, 0.3) is 5.91 Å². The second-order valence-electron chi connectivity index (χ2n) is 7.86. The van der Waals surface area contributed by atoms with Gasteiger partial charge in [0.2, 0.25) is 0 Å². The smallest absolute Gasteiger partial charge is 0.325 e. The van der Waals surface area contributed by atoms with Gasteiger partial charge in [0.1, 0.15) is 6.04 Å².